The molecular formula is C14H18N4O2S. The number of methoxy groups -OCH3 is 1. The third kappa shape index (κ3) is 3.99. The molecule has 0 bridgehead atoms. The van der Waals surface area contributed by atoms with Crippen molar-refractivity contribution in [3.8, 4) is 0 Å². The summed E-state index contributed by atoms with van der Waals surface area (Å²) >= 11 is 1.38. The smallest absolute Gasteiger partial charge is 0.323 e. The third-order valence-electron chi connectivity index (χ3n) is 3.13. The van der Waals surface area contributed by atoms with E-state index in [2.05, 4.69) is 15.3 Å². The van der Waals surface area contributed by atoms with Crippen molar-refractivity contribution in [3.63, 3.8) is 0 Å². The highest BCUT2D eigenvalue weighted by atomic mass is 32.1. The highest BCUT2D eigenvalue weighted by molar-refractivity contribution is 7.13. The fourth-order valence-electron chi connectivity index (χ4n) is 1.78. The number of carbonyl (C=O) groups excluding carboxylic acids is 1. The lowest BCUT2D eigenvalue weighted by molar-refractivity contribution is 0.182. The number of nitrogens with zero attached hydrogens (tertiary/aromatic N) is 3. The van der Waals surface area contributed by atoms with Gasteiger partial charge in [-0.05, 0) is 18.6 Å². The number of hydrogen-bond donors (Lipinski definition) is 1. The van der Waals surface area contributed by atoms with Gasteiger partial charge >= 0.3 is 6.03 Å². The van der Waals surface area contributed by atoms with Crippen LogP contribution in [0.15, 0.2) is 29.9 Å². The molecule has 112 valence electrons. The average Bonchev–Trinajstić information content (AvgIpc) is 2.94. The highest BCUT2D eigenvalue weighted by Gasteiger charge is 2.18. The highest BCUT2D eigenvalue weighted by Crippen LogP contribution is 2.20. The fourth-order valence-corrected chi connectivity index (χ4v) is 2.47. The molecule has 2 aromatic rings. The summed E-state index contributed by atoms with van der Waals surface area (Å²) in [5.41, 5.74) is 1.79. The number of hydrogen-bond acceptors (Lipinski definition) is 5. The number of ether oxygens (including phenoxy) is 1. The molecule has 0 aromatic carbocycles. The number of rotatable bonds is 5. The van der Waals surface area contributed by atoms with E-state index in [1.807, 2.05) is 24.4 Å². The zero-order valence-corrected chi connectivity index (χ0v) is 13.1. The molecule has 0 radical (unpaired) electrons. The minimum atomic E-state index is -0.204. The van der Waals surface area contributed by atoms with Gasteiger partial charge in [0.05, 0.1) is 18.3 Å². The second kappa shape index (κ2) is 7.14. The Morgan fingerprint density at radius 3 is 3.05 bits per heavy atom. The quantitative estimate of drug-likeness (QED) is 0.922. The van der Waals surface area contributed by atoms with Gasteiger partial charge in [-0.15, -0.1) is 11.3 Å². The summed E-state index contributed by atoms with van der Waals surface area (Å²) in [4.78, 5) is 22.2. The van der Waals surface area contributed by atoms with Gasteiger partial charge in [0, 0.05) is 31.9 Å². The van der Waals surface area contributed by atoms with Crippen LogP contribution in [0.25, 0.3) is 0 Å². The molecule has 6 nitrogen and oxygen atoms in total. The first-order valence-electron chi connectivity index (χ1n) is 6.49. The van der Waals surface area contributed by atoms with Crippen molar-refractivity contribution in [2.75, 3.05) is 19.5 Å². The number of urea groups is 1. The van der Waals surface area contributed by atoms with Gasteiger partial charge in [0.25, 0.3) is 0 Å². The van der Waals surface area contributed by atoms with Gasteiger partial charge in [0.15, 0.2) is 5.13 Å². The van der Waals surface area contributed by atoms with Crippen LogP contribution in [-0.2, 0) is 11.3 Å². The zero-order valence-electron chi connectivity index (χ0n) is 12.2. The van der Waals surface area contributed by atoms with Gasteiger partial charge in [0.1, 0.15) is 0 Å². The zero-order chi connectivity index (χ0) is 15.2. The number of amides is 2. The van der Waals surface area contributed by atoms with Crippen molar-refractivity contribution in [1.29, 1.82) is 0 Å². The first-order chi connectivity index (χ1) is 10.1. The van der Waals surface area contributed by atoms with Gasteiger partial charge < -0.3 is 9.64 Å². The lowest BCUT2D eigenvalue weighted by atomic mass is 10.1. The predicted molar refractivity (Wildman–Crippen MR) is 82.3 cm³/mol. The Bertz CT molecular complexity index is 588. The van der Waals surface area contributed by atoms with E-state index in [4.69, 9.17) is 4.74 Å². The summed E-state index contributed by atoms with van der Waals surface area (Å²) in [5, 5.41) is 5.22. The molecule has 0 spiro atoms. The van der Waals surface area contributed by atoms with Crippen LogP contribution in [0, 0.1) is 0 Å². The summed E-state index contributed by atoms with van der Waals surface area (Å²) < 4.78 is 5.00. The van der Waals surface area contributed by atoms with Gasteiger partial charge in [0.2, 0.25) is 0 Å². The molecule has 21 heavy (non-hydrogen) atoms. The van der Waals surface area contributed by atoms with Gasteiger partial charge in [-0.1, -0.05) is 6.07 Å². The topological polar surface area (TPSA) is 67.3 Å². The van der Waals surface area contributed by atoms with E-state index >= 15 is 0 Å². The van der Waals surface area contributed by atoms with Crippen molar-refractivity contribution in [2.24, 2.45) is 0 Å². The summed E-state index contributed by atoms with van der Waals surface area (Å²) in [6, 6.07) is 3.53. The normalized spacial score (nSPS) is 12.0. The molecule has 1 unspecified atom stereocenters. The molecule has 0 aliphatic rings. The molecular weight excluding hydrogens is 288 g/mol. The fraction of sp³-hybridized carbons (Fsp3) is 0.357. The maximum absolute atomic E-state index is 12.2. The van der Waals surface area contributed by atoms with E-state index in [1.54, 1.807) is 31.5 Å². The van der Waals surface area contributed by atoms with E-state index < -0.39 is 0 Å². The van der Waals surface area contributed by atoms with E-state index in [-0.39, 0.29) is 12.1 Å². The number of pyridine rings is 1. The molecule has 0 aliphatic heterocycles. The minimum Gasteiger partial charge on any atom is -0.378 e. The Morgan fingerprint density at radius 1 is 1.57 bits per heavy atom. The maximum atomic E-state index is 12.2. The van der Waals surface area contributed by atoms with Crippen LogP contribution in [0.2, 0.25) is 0 Å². The van der Waals surface area contributed by atoms with Crippen LogP contribution < -0.4 is 5.32 Å². The first kappa shape index (κ1) is 15.4. The van der Waals surface area contributed by atoms with Gasteiger partial charge in [-0.3, -0.25) is 10.3 Å². The first-order valence-corrected chi connectivity index (χ1v) is 7.37. The van der Waals surface area contributed by atoms with E-state index in [0.717, 1.165) is 11.3 Å². The lowest BCUT2D eigenvalue weighted by Gasteiger charge is -2.24. The van der Waals surface area contributed by atoms with Crippen LogP contribution >= 0.6 is 11.3 Å². The summed E-state index contributed by atoms with van der Waals surface area (Å²) in [7, 11) is 3.36. The van der Waals surface area contributed by atoms with E-state index in [0.29, 0.717) is 11.7 Å². The molecule has 2 aromatic heterocycles. The van der Waals surface area contributed by atoms with Crippen LogP contribution in [0.5, 0.6) is 0 Å². The van der Waals surface area contributed by atoms with Crippen molar-refractivity contribution in [1.82, 2.24) is 14.9 Å². The summed E-state index contributed by atoms with van der Waals surface area (Å²) in [6.07, 6.45) is 3.47. The van der Waals surface area contributed by atoms with E-state index in [1.165, 1.54) is 11.3 Å². The summed E-state index contributed by atoms with van der Waals surface area (Å²) in [6.45, 7) is 2.39. The SMILES string of the molecule is COCc1csc(NC(=O)N(C)C(C)c2cccnc2)n1. The Labute approximate surface area is 127 Å². The lowest BCUT2D eigenvalue weighted by Crippen LogP contribution is -2.33. The van der Waals surface area contributed by atoms with Crippen molar-refractivity contribution >= 4 is 22.5 Å². The molecule has 1 atom stereocenters. The van der Waals surface area contributed by atoms with Crippen molar-refractivity contribution in [2.45, 2.75) is 19.6 Å². The Balaban J connectivity index is 1.98. The number of anilines is 1. The number of carbonyl (C=O) groups is 1. The van der Waals surface area contributed by atoms with Crippen LogP contribution in [-0.4, -0.2) is 35.1 Å². The van der Waals surface area contributed by atoms with Crippen LogP contribution in [0.3, 0.4) is 0 Å². The maximum Gasteiger partial charge on any atom is 0.323 e. The monoisotopic (exact) mass is 306 g/mol. The van der Waals surface area contributed by atoms with Crippen LogP contribution in [0.4, 0.5) is 9.93 Å². The number of aromatic nitrogens is 2. The summed E-state index contributed by atoms with van der Waals surface area (Å²) in [5.74, 6) is 0. The molecule has 2 amide bonds. The van der Waals surface area contributed by atoms with Crippen molar-refractivity contribution < 1.29 is 9.53 Å². The Morgan fingerprint density at radius 2 is 2.38 bits per heavy atom. The van der Waals surface area contributed by atoms with Gasteiger partial charge in [-0.25, -0.2) is 9.78 Å². The molecule has 2 rings (SSSR count). The van der Waals surface area contributed by atoms with E-state index in [9.17, 15) is 4.79 Å². The molecule has 2 heterocycles. The largest absolute Gasteiger partial charge is 0.378 e. The molecule has 0 fully saturated rings. The molecule has 0 saturated heterocycles. The van der Waals surface area contributed by atoms with Gasteiger partial charge in [-0.2, -0.15) is 0 Å². The molecule has 1 N–H and O–H groups in total. The number of thiazole rings is 1. The predicted octanol–water partition coefficient (Wildman–Crippen LogP) is 2.91. The van der Waals surface area contributed by atoms with Crippen molar-refractivity contribution in [3.05, 3.63) is 41.2 Å². The Kier molecular flexibility index (Phi) is 5.24. The third-order valence-corrected chi connectivity index (χ3v) is 3.93. The van der Waals surface area contributed by atoms with Crippen LogP contribution in [0.1, 0.15) is 24.2 Å². The second-order valence-electron chi connectivity index (χ2n) is 4.58. The standard InChI is InChI=1S/C14H18N4O2S/c1-10(11-5-4-6-15-7-11)18(2)14(19)17-13-16-12(8-20-3)9-21-13/h4-7,9-10H,8H2,1-3H3,(H,16,17,19). The average molecular weight is 306 g/mol. The second-order valence-corrected chi connectivity index (χ2v) is 5.44. The molecule has 7 heteroatoms. The Hall–Kier alpha value is -1.99. The minimum absolute atomic E-state index is 0.0721. The number of nitrogens with one attached hydrogen (secondary N) is 1. The molecule has 0 aliphatic carbocycles. The molecule has 0 saturated carbocycles.